The van der Waals surface area contributed by atoms with Gasteiger partial charge in [-0.3, -0.25) is 4.90 Å². The minimum atomic E-state index is -1.70. The Labute approximate surface area is 172 Å². The first-order chi connectivity index (χ1) is 13.1. The highest BCUT2D eigenvalue weighted by Crippen LogP contribution is 2.39. The second-order valence-electron chi connectivity index (χ2n) is 10.3. The van der Waals surface area contributed by atoms with Crippen LogP contribution in [0, 0.1) is 0 Å². The molecule has 2 heterocycles. The van der Waals surface area contributed by atoms with Crippen LogP contribution in [0.3, 0.4) is 0 Å². The summed E-state index contributed by atoms with van der Waals surface area (Å²) >= 11 is 0. The van der Waals surface area contributed by atoms with Crippen LogP contribution in [0.2, 0.25) is 18.1 Å². The van der Waals surface area contributed by atoms with E-state index in [9.17, 15) is 5.11 Å². The maximum atomic E-state index is 11.3. The summed E-state index contributed by atoms with van der Waals surface area (Å²) in [5.74, 6) is 0. The Morgan fingerprint density at radius 2 is 1.75 bits per heavy atom. The molecular weight excluding hydrogens is 366 g/mol. The standard InChI is InChI=1S/C23H39NO3Si/c1-22(2,3)28(4,5)27-13-9-12-23(25)14-20-17-26-18-21(15-23)24(20)16-19-10-7-6-8-11-19/h6-8,10-11,20-21,25H,9,12-18H2,1-5H3. The molecule has 0 amide bonds. The average Bonchev–Trinajstić information content (AvgIpc) is 2.60. The maximum absolute atomic E-state index is 11.3. The second-order valence-corrected chi connectivity index (χ2v) is 15.2. The van der Waals surface area contributed by atoms with Gasteiger partial charge >= 0.3 is 0 Å². The Hall–Kier alpha value is -0.723. The fraction of sp³-hybridized carbons (Fsp3) is 0.739. The predicted molar refractivity (Wildman–Crippen MR) is 117 cm³/mol. The van der Waals surface area contributed by atoms with Gasteiger partial charge < -0.3 is 14.3 Å². The van der Waals surface area contributed by atoms with Crippen molar-refractivity contribution < 1.29 is 14.3 Å². The van der Waals surface area contributed by atoms with Crippen molar-refractivity contribution in [2.75, 3.05) is 19.8 Å². The molecule has 0 aliphatic carbocycles. The van der Waals surface area contributed by atoms with Gasteiger partial charge in [0.05, 0.1) is 18.8 Å². The zero-order valence-electron chi connectivity index (χ0n) is 18.4. The highest BCUT2D eigenvalue weighted by atomic mass is 28.4. The van der Waals surface area contributed by atoms with Crippen molar-refractivity contribution in [3.63, 3.8) is 0 Å². The first-order valence-electron chi connectivity index (χ1n) is 10.8. The smallest absolute Gasteiger partial charge is 0.191 e. The zero-order valence-corrected chi connectivity index (χ0v) is 19.4. The number of aliphatic hydroxyl groups is 1. The lowest BCUT2D eigenvalue weighted by Crippen LogP contribution is -2.61. The Morgan fingerprint density at radius 3 is 2.32 bits per heavy atom. The van der Waals surface area contributed by atoms with Crippen molar-refractivity contribution in [2.24, 2.45) is 0 Å². The largest absolute Gasteiger partial charge is 0.417 e. The molecule has 2 aliphatic heterocycles. The molecule has 28 heavy (non-hydrogen) atoms. The quantitative estimate of drug-likeness (QED) is 0.532. The van der Waals surface area contributed by atoms with E-state index in [0.717, 1.165) is 52.0 Å². The van der Waals surface area contributed by atoms with E-state index in [1.165, 1.54) is 5.56 Å². The molecular formula is C23H39NO3Si. The molecule has 5 heteroatoms. The van der Waals surface area contributed by atoms with Gasteiger partial charge in [0.1, 0.15) is 0 Å². The van der Waals surface area contributed by atoms with Gasteiger partial charge in [-0.25, -0.2) is 0 Å². The lowest BCUT2D eigenvalue weighted by atomic mass is 9.78. The lowest BCUT2D eigenvalue weighted by Gasteiger charge is -2.52. The van der Waals surface area contributed by atoms with Gasteiger partial charge in [-0.15, -0.1) is 0 Å². The van der Waals surface area contributed by atoms with E-state index in [1.54, 1.807) is 0 Å². The summed E-state index contributed by atoms with van der Waals surface area (Å²) in [6.45, 7) is 14.6. The summed E-state index contributed by atoms with van der Waals surface area (Å²) in [7, 11) is -1.70. The van der Waals surface area contributed by atoms with Crippen molar-refractivity contribution in [1.29, 1.82) is 0 Å². The van der Waals surface area contributed by atoms with E-state index in [0.29, 0.717) is 12.1 Å². The van der Waals surface area contributed by atoms with Crippen LogP contribution in [0.15, 0.2) is 30.3 Å². The lowest BCUT2D eigenvalue weighted by molar-refractivity contribution is -0.149. The fourth-order valence-electron chi connectivity index (χ4n) is 4.34. The zero-order chi connectivity index (χ0) is 20.4. The molecule has 0 saturated carbocycles. The highest BCUT2D eigenvalue weighted by Gasteiger charge is 2.45. The second kappa shape index (κ2) is 8.56. The van der Waals surface area contributed by atoms with Crippen LogP contribution in [0.5, 0.6) is 0 Å². The third-order valence-corrected chi connectivity index (χ3v) is 11.6. The van der Waals surface area contributed by atoms with Crippen molar-refractivity contribution in [3.05, 3.63) is 35.9 Å². The molecule has 4 nitrogen and oxygen atoms in total. The minimum Gasteiger partial charge on any atom is -0.417 e. The van der Waals surface area contributed by atoms with Gasteiger partial charge in [0.25, 0.3) is 0 Å². The normalized spacial score (nSPS) is 29.1. The van der Waals surface area contributed by atoms with E-state index in [2.05, 4.69) is 69.1 Å². The SMILES string of the molecule is CC(C)(C)[Si](C)(C)OCCCC1(O)CC2COCC(C1)N2Cc1ccccc1. The number of ether oxygens (including phenoxy) is 1. The van der Waals surface area contributed by atoms with Gasteiger partial charge in [0.2, 0.25) is 0 Å². The molecule has 1 aromatic carbocycles. The van der Waals surface area contributed by atoms with Gasteiger partial charge in [-0.1, -0.05) is 51.1 Å². The Bertz CT molecular complexity index is 614. The summed E-state index contributed by atoms with van der Waals surface area (Å²) in [5, 5.41) is 11.6. The molecule has 2 unspecified atom stereocenters. The van der Waals surface area contributed by atoms with Gasteiger partial charge in [-0.2, -0.15) is 0 Å². The van der Waals surface area contributed by atoms with Gasteiger partial charge in [0, 0.05) is 25.2 Å². The van der Waals surface area contributed by atoms with E-state index in [4.69, 9.17) is 9.16 Å². The van der Waals surface area contributed by atoms with E-state index in [1.807, 2.05) is 0 Å². The summed E-state index contributed by atoms with van der Waals surface area (Å²) in [6, 6.07) is 11.3. The average molecular weight is 406 g/mol. The van der Waals surface area contributed by atoms with Crippen LogP contribution in [0.25, 0.3) is 0 Å². The number of nitrogens with zero attached hydrogens (tertiary/aromatic N) is 1. The molecule has 2 aliphatic rings. The number of piperidine rings is 1. The Morgan fingerprint density at radius 1 is 1.14 bits per heavy atom. The van der Waals surface area contributed by atoms with Crippen LogP contribution in [-0.4, -0.2) is 55.8 Å². The van der Waals surface area contributed by atoms with E-state index < -0.39 is 13.9 Å². The number of benzene rings is 1. The molecule has 0 radical (unpaired) electrons. The fourth-order valence-corrected chi connectivity index (χ4v) is 5.43. The topological polar surface area (TPSA) is 41.9 Å². The number of fused-ring (bicyclic) bond motifs is 2. The van der Waals surface area contributed by atoms with Crippen molar-refractivity contribution in [1.82, 2.24) is 4.90 Å². The Balaban J connectivity index is 1.54. The monoisotopic (exact) mass is 405 g/mol. The van der Waals surface area contributed by atoms with Crippen LogP contribution in [0.1, 0.15) is 52.0 Å². The third kappa shape index (κ3) is 5.25. The third-order valence-electron chi connectivity index (χ3n) is 7.05. The number of morpholine rings is 1. The molecule has 2 atom stereocenters. The number of rotatable bonds is 7. The first kappa shape index (κ1) is 22.0. The molecule has 3 rings (SSSR count). The van der Waals surface area contributed by atoms with Gasteiger partial charge in [0.15, 0.2) is 8.32 Å². The van der Waals surface area contributed by atoms with Gasteiger partial charge in [-0.05, 0) is 49.4 Å². The van der Waals surface area contributed by atoms with Crippen molar-refractivity contribution in [2.45, 2.75) is 88.8 Å². The Kier molecular flexibility index (Phi) is 6.72. The minimum absolute atomic E-state index is 0.237. The van der Waals surface area contributed by atoms with Crippen molar-refractivity contribution in [3.8, 4) is 0 Å². The van der Waals surface area contributed by atoms with E-state index >= 15 is 0 Å². The summed E-state index contributed by atoms with van der Waals surface area (Å²) < 4.78 is 12.2. The molecule has 158 valence electrons. The first-order valence-corrected chi connectivity index (χ1v) is 13.7. The molecule has 2 fully saturated rings. The molecule has 1 N–H and O–H groups in total. The van der Waals surface area contributed by atoms with Crippen LogP contribution in [0.4, 0.5) is 0 Å². The van der Waals surface area contributed by atoms with Crippen LogP contribution < -0.4 is 0 Å². The summed E-state index contributed by atoms with van der Waals surface area (Å²) in [4.78, 5) is 2.55. The highest BCUT2D eigenvalue weighted by molar-refractivity contribution is 6.74. The summed E-state index contributed by atoms with van der Waals surface area (Å²) in [5.41, 5.74) is 0.760. The summed E-state index contributed by atoms with van der Waals surface area (Å²) in [6.07, 6.45) is 3.36. The molecule has 1 aromatic rings. The van der Waals surface area contributed by atoms with E-state index in [-0.39, 0.29) is 5.04 Å². The molecule has 0 aromatic heterocycles. The molecule has 2 bridgehead atoms. The molecule has 2 saturated heterocycles. The molecule has 0 spiro atoms. The van der Waals surface area contributed by atoms with Crippen LogP contribution >= 0.6 is 0 Å². The number of hydrogen-bond donors (Lipinski definition) is 1. The number of hydrogen-bond acceptors (Lipinski definition) is 4. The predicted octanol–water partition coefficient (Wildman–Crippen LogP) is 4.58. The maximum Gasteiger partial charge on any atom is 0.191 e. The van der Waals surface area contributed by atoms with Crippen molar-refractivity contribution >= 4 is 8.32 Å². The van der Waals surface area contributed by atoms with Crippen LogP contribution in [-0.2, 0) is 15.7 Å².